The molecule has 6 nitrogen and oxygen atoms in total. The van der Waals surface area contributed by atoms with Gasteiger partial charge in [-0.2, -0.15) is 0 Å². The van der Waals surface area contributed by atoms with Crippen LogP contribution in [-0.2, 0) is 22.6 Å². The van der Waals surface area contributed by atoms with Crippen LogP contribution in [0.25, 0.3) is 10.9 Å². The van der Waals surface area contributed by atoms with Crippen molar-refractivity contribution in [1.82, 2.24) is 14.6 Å². The standard InChI is InChI=1S/C23H29N3O3/c1-4-28-23(27)15-26-14-17(18-8-5-6-9-20(18)26)13-25-11-7-10-21(25)19-12-22(16(2)3)29-24-19/h5-6,8-9,12,14,16,21H,4,7,10-11,13,15H2,1-3H3. The van der Waals surface area contributed by atoms with Crippen molar-refractivity contribution < 1.29 is 14.1 Å². The van der Waals surface area contributed by atoms with Gasteiger partial charge in [-0.3, -0.25) is 9.69 Å². The number of hydrogen-bond acceptors (Lipinski definition) is 5. The number of hydrogen-bond donors (Lipinski definition) is 0. The summed E-state index contributed by atoms with van der Waals surface area (Å²) in [6.07, 6.45) is 4.33. The molecule has 0 N–H and O–H groups in total. The molecule has 1 aromatic carbocycles. The van der Waals surface area contributed by atoms with E-state index in [1.54, 1.807) is 0 Å². The maximum atomic E-state index is 12.0. The number of rotatable bonds is 7. The van der Waals surface area contributed by atoms with Crippen LogP contribution in [0.2, 0.25) is 0 Å². The minimum atomic E-state index is -0.206. The quantitative estimate of drug-likeness (QED) is 0.545. The number of esters is 1. The van der Waals surface area contributed by atoms with E-state index in [4.69, 9.17) is 9.26 Å². The average molecular weight is 396 g/mol. The van der Waals surface area contributed by atoms with E-state index in [0.29, 0.717) is 12.5 Å². The van der Waals surface area contributed by atoms with Gasteiger partial charge in [-0.05, 0) is 37.9 Å². The van der Waals surface area contributed by atoms with E-state index in [-0.39, 0.29) is 18.6 Å². The highest BCUT2D eigenvalue weighted by Crippen LogP contribution is 2.35. The molecular formula is C23H29N3O3. The number of para-hydroxylation sites is 1. The minimum absolute atomic E-state index is 0.206. The maximum absolute atomic E-state index is 12.0. The molecule has 0 saturated carbocycles. The predicted molar refractivity (Wildman–Crippen MR) is 112 cm³/mol. The van der Waals surface area contributed by atoms with Gasteiger partial charge in [0, 0.05) is 35.6 Å². The Kier molecular flexibility index (Phi) is 5.72. The lowest BCUT2D eigenvalue weighted by Gasteiger charge is -2.22. The number of ether oxygens (including phenoxy) is 1. The Labute approximate surface area is 171 Å². The van der Waals surface area contributed by atoms with Crippen LogP contribution < -0.4 is 0 Å². The van der Waals surface area contributed by atoms with Gasteiger partial charge in [-0.25, -0.2) is 0 Å². The van der Waals surface area contributed by atoms with E-state index in [1.165, 1.54) is 10.9 Å². The summed E-state index contributed by atoms with van der Waals surface area (Å²) in [7, 11) is 0. The summed E-state index contributed by atoms with van der Waals surface area (Å²) in [5.41, 5.74) is 3.32. The number of aromatic nitrogens is 2. The molecule has 1 unspecified atom stereocenters. The second kappa shape index (κ2) is 8.41. The molecule has 1 atom stereocenters. The fraction of sp³-hybridized carbons (Fsp3) is 0.478. The number of likely N-dealkylation sites (tertiary alicyclic amines) is 1. The van der Waals surface area contributed by atoms with Crippen molar-refractivity contribution in [2.75, 3.05) is 13.2 Å². The largest absolute Gasteiger partial charge is 0.465 e. The van der Waals surface area contributed by atoms with Crippen molar-refractivity contribution >= 4 is 16.9 Å². The van der Waals surface area contributed by atoms with Crippen LogP contribution >= 0.6 is 0 Å². The van der Waals surface area contributed by atoms with Gasteiger partial charge in [0.05, 0.1) is 12.6 Å². The van der Waals surface area contributed by atoms with E-state index in [1.807, 2.05) is 17.6 Å². The van der Waals surface area contributed by atoms with Gasteiger partial charge < -0.3 is 13.8 Å². The van der Waals surface area contributed by atoms with Gasteiger partial charge >= 0.3 is 5.97 Å². The second-order valence-electron chi connectivity index (χ2n) is 8.04. The first-order valence-electron chi connectivity index (χ1n) is 10.5. The molecule has 0 amide bonds. The van der Waals surface area contributed by atoms with Crippen molar-refractivity contribution in [2.45, 2.75) is 58.7 Å². The number of benzene rings is 1. The fourth-order valence-corrected chi connectivity index (χ4v) is 4.23. The van der Waals surface area contributed by atoms with Crippen LogP contribution in [0, 0.1) is 0 Å². The summed E-state index contributed by atoms with van der Waals surface area (Å²) < 4.78 is 12.7. The molecule has 154 valence electrons. The molecule has 1 saturated heterocycles. The molecule has 6 heteroatoms. The molecule has 0 aliphatic carbocycles. The summed E-state index contributed by atoms with van der Waals surface area (Å²) in [6, 6.07) is 10.6. The molecule has 2 aromatic heterocycles. The Balaban J connectivity index is 1.58. The molecule has 4 rings (SSSR count). The van der Waals surface area contributed by atoms with E-state index >= 15 is 0 Å². The molecule has 3 aromatic rings. The van der Waals surface area contributed by atoms with Crippen LogP contribution in [0.1, 0.15) is 62.6 Å². The molecule has 0 bridgehead atoms. The van der Waals surface area contributed by atoms with Gasteiger partial charge in [0.2, 0.25) is 0 Å². The van der Waals surface area contributed by atoms with Crippen molar-refractivity contribution in [3.8, 4) is 0 Å². The van der Waals surface area contributed by atoms with E-state index in [0.717, 1.165) is 42.9 Å². The first kappa shape index (κ1) is 19.7. The van der Waals surface area contributed by atoms with Gasteiger partial charge in [0.15, 0.2) is 0 Å². The van der Waals surface area contributed by atoms with Crippen molar-refractivity contribution in [2.24, 2.45) is 0 Å². The SMILES string of the molecule is CCOC(=O)Cn1cc(CN2CCCC2c2cc(C(C)C)on2)c2ccccc21. The highest BCUT2D eigenvalue weighted by molar-refractivity contribution is 5.85. The maximum Gasteiger partial charge on any atom is 0.325 e. The Morgan fingerprint density at radius 1 is 1.34 bits per heavy atom. The number of nitrogens with zero attached hydrogens (tertiary/aromatic N) is 3. The van der Waals surface area contributed by atoms with Crippen molar-refractivity contribution in [1.29, 1.82) is 0 Å². The monoisotopic (exact) mass is 395 g/mol. The fourth-order valence-electron chi connectivity index (χ4n) is 4.23. The number of fused-ring (bicyclic) bond motifs is 1. The first-order chi connectivity index (χ1) is 14.1. The molecule has 3 heterocycles. The minimum Gasteiger partial charge on any atom is -0.465 e. The van der Waals surface area contributed by atoms with Gasteiger partial charge in [-0.1, -0.05) is 37.2 Å². The zero-order valence-corrected chi connectivity index (χ0v) is 17.4. The van der Waals surface area contributed by atoms with Gasteiger partial charge in [0.25, 0.3) is 0 Å². The summed E-state index contributed by atoms with van der Waals surface area (Å²) >= 11 is 0. The third-order valence-electron chi connectivity index (χ3n) is 5.67. The van der Waals surface area contributed by atoms with E-state index in [9.17, 15) is 4.79 Å². The highest BCUT2D eigenvalue weighted by Gasteiger charge is 2.29. The molecule has 1 aliphatic rings. The summed E-state index contributed by atoms with van der Waals surface area (Å²) in [4.78, 5) is 14.5. The average Bonchev–Trinajstić information content (AvgIpc) is 3.42. The predicted octanol–water partition coefficient (Wildman–Crippen LogP) is 4.65. The van der Waals surface area contributed by atoms with Crippen LogP contribution in [0.3, 0.4) is 0 Å². The number of carbonyl (C=O) groups is 1. The van der Waals surface area contributed by atoms with Crippen LogP contribution in [0.4, 0.5) is 0 Å². The van der Waals surface area contributed by atoms with Gasteiger partial charge in [-0.15, -0.1) is 0 Å². The molecule has 29 heavy (non-hydrogen) atoms. The topological polar surface area (TPSA) is 60.5 Å². The highest BCUT2D eigenvalue weighted by atomic mass is 16.5. The molecule has 1 fully saturated rings. The zero-order chi connectivity index (χ0) is 20.4. The van der Waals surface area contributed by atoms with E-state index in [2.05, 4.69) is 54.4 Å². The molecule has 0 radical (unpaired) electrons. The smallest absolute Gasteiger partial charge is 0.325 e. The summed E-state index contributed by atoms with van der Waals surface area (Å²) in [5, 5.41) is 5.54. The van der Waals surface area contributed by atoms with Crippen molar-refractivity contribution in [3.63, 3.8) is 0 Å². The lowest BCUT2D eigenvalue weighted by atomic mass is 10.1. The first-order valence-corrected chi connectivity index (χ1v) is 10.5. The second-order valence-corrected chi connectivity index (χ2v) is 8.04. The zero-order valence-electron chi connectivity index (χ0n) is 17.4. The van der Waals surface area contributed by atoms with Crippen molar-refractivity contribution in [3.05, 3.63) is 53.5 Å². The molecule has 0 spiro atoms. The van der Waals surface area contributed by atoms with Crippen LogP contribution in [0.15, 0.2) is 41.1 Å². The Morgan fingerprint density at radius 2 is 2.17 bits per heavy atom. The normalized spacial score (nSPS) is 17.4. The number of carbonyl (C=O) groups excluding carboxylic acids is 1. The summed E-state index contributed by atoms with van der Waals surface area (Å²) in [5.74, 6) is 1.08. The molecule has 1 aliphatic heterocycles. The van der Waals surface area contributed by atoms with Crippen LogP contribution in [-0.4, -0.2) is 33.7 Å². The lowest BCUT2D eigenvalue weighted by Crippen LogP contribution is -2.23. The lowest BCUT2D eigenvalue weighted by molar-refractivity contribution is -0.143. The third kappa shape index (κ3) is 4.08. The van der Waals surface area contributed by atoms with Gasteiger partial charge in [0.1, 0.15) is 18.0 Å². The summed E-state index contributed by atoms with van der Waals surface area (Å²) in [6.45, 7) is 8.56. The van der Waals surface area contributed by atoms with E-state index < -0.39 is 0 Å². The Morgan fingerprint density at radius 3 is 2.93 bits per heavy atom. The third-order valence-corrected chi connectivity index (χ3v) is 5.67. The van der Waals surface area contributed by atoms with Crippen LogP contribution in [0.5, 0.6) is 0 Å². The Hall–Kier alpha value is -2.60. The Bertz CT molecular complexity index is 988. The molecular weight excluding hydrogens is 366 g/mol.